The van der Waals surface area contributed by atoms with Crippen LogP contribution >= 0.6 is 0 Å². The van der Waals surface area contributed by atoms with Crippen LogP contribution in [0.1, 0.15) is 116 Å². The highest BCUT2D eigenvalue weighted by Gasteiger charge is 2.18. The van der Waals surface area contributed by atoms with E-state index in [2.05, 4.69) is 12.2 Å². The van der Waals surface area contributed by atoms with Crippen LogP contribution < -0.4 is 5.32 Å². The van der Waals surface area contributed by atoms with Gasteiger partial charge in [0, 0.05) is 19.4 Å². The SMILES string of the molecule is CCCCCCCCCCCCCCCCCC(=O)NCCC[N+](C)(C)CC(=O)O. The first-order valence-corrected chi connectivity index (χ1v) is 12.7. The average Bonchev–Trinajstić information content (AvgIpc) is 2.67. The molecule has 0 saturated carbocycles. The van der Waals surface area contributed by atoms with E-state index in [1.54, 1.807) is 0 Å². The third-order valence-electron chi connectivity index (χ3n) is 5.83. The highest BCUT2D eigenvalue weighted by molar-refractivity contribution is 5.75. The molecule has 2 N–H and O–H groups in total. The molecule has 0 aromatic heterocycles. The van der Waals surface area contributed by atoms with E-state index in [1.165, 1.54) is 83.5 Å². The third-order valence-corrected chi connectivity index (χ3v) is 5.83. The van der Waals surface area contributed by atoms with E-state index in [0.717, 1.165) is 25.8 Å². The molecule has 0 unspecified atom stereocenters. The summed E-state index contributed by atoms with van der Waals surface area (Å²) in [5.41, 5.74) is 0. The van der Waals surface area contributed by atoms with Gasteiger partial charge in [-0.25, -0.2) is 4.79 Å². The molecule has 0 spiro atoms. The maximum absolute atomic E-state index is 11.9. The Labute approximate surface area is 186 Å². The highest BCUT2D eigenvalue weighted by Crippen LogP contribution is 2.13. The minimum absolute atomic E-state index is 0.118. The Morgan fingerprint density at radius 3 is 1.57 bits per heavy atom. The van der Waals surface area contributed by atoms with Gasteiger partial charge >= 0.3 is 5.97 Å². The fourth-order valence-corrected chi connectivity index (χ4v) is 3.93. The second-order valence-electron chi connectivity index (χ2n) is 9.61. The van der Waals surface area contributed by atoms with Crippen LogP contribution in [0.4, 0.5) is 0 Å². The average molecular weight is 428 g/mol. The van der Waals surface area contributed by atoms with Crippen molar-refractivity contribution in [2.24, 2.45) is 0 Å². The van der Waals surface area contributed by atoms with Crippen molar-refractivity contribution in [2.45, 2.75) is 116 Å². The van der Waals surface area contributed by atoms with Gasteiger partial charge in [0.1, 0.15) is 0 Å². The molecule has 0 radical (unpaired) electrons. The summed E-state index contributed by atoms with van der Waals surface area (Å²) in [5, 5.41) is 11.8. The fraction of sp³-hybridized carbons (Fsp3) is 0.920. The van der Waals surface area contributed by atoms with Crippen LogP contribution in [-0.2, 0) is 9.59 Å². The molecule has 30 heavy (non-hydrogen) atoms. The summed E-state index contributed by atoms with van der Waals surface area (Å²) in [6, 6.07) is 0. The quantitative estimate of drug-likeness (QED) is 0.167. The third kappa shape index (κ3) is 21.6. The summed E-state index contributed by atoms with van der Waals surface area (Å²) in [7, 11) is 3.82. The Balaban J connectivity index is 3.31. The molecule has 0 aliphatic rings. The number of carboxylic acids is 1. The largest absolute Gasteiger partial charge is 0.477 e. The predicted octanol–water partition coefficient (Wildman–Crippen LogP) is 5.92. The molecule has 0 atom stereocenters. The number of unbranched alkanes of at least 4 members (excludes halogenated alkanes) is 14. The van der Waals surface area contributed by atoms with E-state index < -0.39 is 5.97 Å². The number of aliphatic carboxylic acids is 1. The van der Waals surface area contributed by atoms with E-state index >= 15 is 0 Å². The Hall–Kier alpha value is -1.10. The zero-order valence-electron chi connectivity index (χ0n) is 20.4. The molecule has 1 amide bonds. The van der Waals surface area contributed by atoms with Crippen LogP contribution in [-0.4, -0.2) is 55.2 Å². The maximum Gasteiger partial charge on any atom is 0.359 e. The van der Waals surface area contributed by atoms with Crippen molar-refractivity contribution < 1.29 is 19.2 Å². The van der Waals surface area contributed by atoms with Crippen molar-refractivity contribution in [2.75, 3.05) is 33.7 Å². The van der Waals surface area contributed by atoms with Crippen molar-refractivity contribution in [3.63, 3.8) is 0 Å². The van der Waals surface area contributed by atoms with Gasteiger partial charge in [0.25, 0.3) is 0 Å². The van der Waals surface area contributed by atoms with E-state index in [4.69, 9.17) is 5.11 Å². The number of carboxylic acid groups (broad SMARTS) is 1. The molecular weight excluding hydrogens is 376 g/mol. The standard InChI is InChI=1S/C25H50N2O3/c1-4-5-6-7-8-9-10-11-12-13-14-15-16-17-18-20-24(28)26-21-19-22-27(2,3)23-25(29)30/h4-23H2,1-3H3,(H-,26,28,29,30)/p+1. The fourth-order valence-electron chi connectivity index (χ4n) is 3.93. The van der Waals surface area contributed by atoms with Crippen molar-refractivity contribution in [1.82, 2.24) is 5.32 Å². The normalized spacial score (nSPS) is 11.6. The van der Waals surface area contributed by atoms with Gasteiger partial charge in [-0.3, -0.25) is 4.79 Å². The number of quaternary nitrogens is 1. The summed E-state index contributed by atoms with van der Waals surface area (Å²) in [6.07, 6.45) is 21.4. The Morgan fingerprint density at radius 2 is 1.13 bits per heavy atom. The number of carbonyl (C=O) groups is 2. The molecule has 0 aromatic rings. The first kappa shape index (κ1) is 28.9. The number of hydrogen-bond acceptors (Lipinski definition) is 2. The van der Waals surface area contributed by atoms with Gasteiger partial charge in [-0.05, 0) is 6.42 Å². The van der Waals surface area contributed by atoms with Crippen molar-refractivity contribution >= 4 is 11.9 Å². The van der Waals surface area contributed by atoms with Crippen LogP contribution in [0.2, 0.25) is 0 Å². The molecule has 0 saturated heterocycles. The van der Waals surface area contributed by atoms with Gasteiger partial charge in [-0.2, -0.15) is 0 Å². The van der Waals surface area contributed by atoms with E-state index in [0.29, 0.717) is 17.4 Å². The number of nitrogens with zero attached hydrogens (tertiary/aromatic N) is 1. The summed E-state index contributed by atoms with van der Waals surface area (Å²) < 4.78 is 0.449. The zero-order chi connectivity index (χ0) is 22.5. The van der Waals surface area contributed by atoms with Gasteiger partial charge in [-0.15, -0.1) is 0 Å². The maximum atomic E-state index is 11.9. The molecule has 5 heteroatoms. The second kappa shape index (κ2) is 19.8. The summed E-state index contributed by atoms with van der Waals surface area (Å²) >= 11 is 0. The monoisotopic (exact) mass is 427 g/mol. The van der Waals surface area contributed by atoms with E-state index in [9.17, 15) is 9.59 Å². The molecule has 0 bridgehead atoms. The topological polar surface area (TPSA) is 66.4 Å². The number of carbonyl (C=O) groups excluding carboxylic acids is 1. The highest BCUT2D eigenvalue weighted by atomic mass is 16.4. The molecule has 0 aliphatic carbocycles. The molecule has 0 fully saturated rings. The van der Waals surface area contributed by atoms with E-state index in [1.807, 2.05) is 14.1 Å². The summed E-state index contributed by atoms with van der Waals surface area (Å²) in [6.45, 7) is 3.78. The van der Waals surface area contributed by atoms with Crippen LogP contribution in [0.5, 0.6) is 0 Å². The van der Waals surface area contributed by atoms with Gasteiger partial charge in [0.15, 0.2) is 6.54 Å². The predicted molar refractivity (Wildman–Crippen MR) is 127 cm³/mol. The smallest absolute Gasteiger partial charge is 0.359 e. The lowest BCUT2D eigenvalue weighted by Gasteiger charge is -2.27. The zero-order valence-corrected chi connectivity index (χ0v) is 20.4. The van der Waals surface area contributed by atoms with E-state index in [-0.39, 0.29) is 12.5 Å². The van der Waals surface area contributed by atoms with Crippen molar-refractivity contribution in [3.8, 4) is 0 Å². The van der Waals surface area contributed by atoms with Gasteiger partial charge in [0.2, 0.25) is 5.91 Å². The van der Waals surface area contributed by atoms with Crippen LogP contribution in [0.3, 0.4) is 0 Å². The number of likely N-dealkylation sites (N-methyl/N-ethyl adjacent to an activating group) is 1. The Bertz CT molecular complexity index is 425. The van der Waals surface area contributed by atoms with Crippen molar-refractivity contribution in [3.05, 3.63) is 0 Å². The lowest BCUT2D eigenvalue weighted by Crippen LogP contribution is -2.45. The lowest BCUT2D eigenvalue weighted by atomic mass is 10.0. The van der Waals surface area contributed by atoms with Gasteiger partial charge in [0.05, 0.1) is 20.6 Å². The summed E-state index contributed by atoms with van der Waals surface area (Å²) in [5.74, 6) is -0.648. The second-order valence-corrected chi connectivity index (χ2v) is 9.61. The molecule has 5 nitrogen and oxygen atoms in total. The minimum atomic E-state index is -0.780. The Kier molecular flexibility index (Phi) is 19.1. The van der Waals surface area contributed by atoms with Crippen LogP contribution in [0.25, 0.3) is 0 Å². The minimum Gasteiger partial charge on any atom is -0.477 e. The summed E-state index contributed by atoms with van der Waals surface area (Å²) in [4.78, 5) is 22.7. The van der Waals surface area contributed by atoms with Crippen molar-refractivity contribution in [1.29, 1.82) is 0 Å². The molecule has 0 heterocycles. The first-order valence-electron chi connectivity index (χ1n) is 12.7. The Morgan fingerprint density at radius 1 is 0.700 bits per heavy atom. The number of rotatable bonds is 22. The molecule has 0 rings (SSSR count). The lowest BCUT2D eigenvalue weighted by molar-refractivity contribution is -0.883. The first-order chi connectivity index (χ1) is 14.4. The molecular formula is C25H51N2O3+. The van der Waals surface area contributed by atoms with Crippen LogP contribution in [0.15, 0.2) is 0 Å². The van der Waals surface area contributed by atoms with Gasteiger partial charge < -0.3 is 14.9 Å². The van der Waals surface area contributed by atoms with Crippen LogP contribution in [0, 0.1) is 0 Å². The van der Waals surface area contributed by atoms with Gasteiger partial charge in [-0.1, -0.05) is 96.8 Å². The number of hydrogen-bond donors (Lipinski definition) is 2. The molecule has 0 aliphatic heterocycles. The molecule has 0 aromatic carbocycles. The molecule has 178 valence electrons. The number of nitrogens with one attached hydrogen (secondary N) is 1. The number of amides is 1.